The summed E-state index contributed by atoms with van der Waals surface area (Å²) in [5.74, 6) is -0.308. The molecule has 0 aliphatic carbocycles. The molecule has 0 saturated carbocycles. The van der Waals surface area contributed by atoms with Crippen LogP contribution in [-0.4, -0.2) is 12.6 Å². The van der Waals surface area contributed by atoms with Gasteiger partial charge in [0.05, 0.1) is 12.2 Å². The number of hydrogen-bond acceptors (Lipinski definition) is 3. The van der Waals surface area contributed by atoms with Crippen LogP contribution in [0.25, 0.3) is 0 Å². The van der Waals surface area contributed by atoms with Crippen LogP contribution in [0.3, 0.4) is 0 Å². The van der Waals surface area contributed by atoms with E-state index in [1.807, 2.05) is 6.07 Å². The number of carbonyl (C=O) groups is 1. The Labute approximate surface area is 116 Å². The standard InChI is InChI=1S/C13H17BrO2S/c1-13(2,3)6-7-16-12(15)10-8-9(17)4-5-11(10)14/h4-5,8,17H,6-7H2,1-3H3. The molecule has 1 aromatic rings. The van der Waals surface area contributed by atoms with Gasteiger partial charge in [-0.3, -0.25) is 0 Å². The summed E-state index contributed by atoms with van der Waals surface area (Å²) >= 11 is 7.53. The minimum absolute atomic E-state index is 0.170. The molecule has 0 bridgehead atoms. The lowest BCUT2D eigenvalue weighted by Gasteiger charge is -2.17. The summed E-state index contributed by atoms with van der Waals surface area (Å²) in [5, 5.41) is 0. The lowest BCUT2D eigenvalue weighted by atomic mass is 9.93. The second-order valence-electron chi connectivity index (χ2n) is 5.11. The Kier molecular flexibility index (Phi) is 5.07. The highest BCUT2D eigenvalue weighted by atomic mass is 79.9. The van der Waals surface area contributed by atoms with Crippen LogP contribution >= 0.6 is 28.6 Å². The van der Waals surface area contributed by atoms with Crippen molar-refractivity contribution in [3.8, 4) is 0 Å². The molecule has 0 N–H and O–H groups in total. The van der Waals surface area contributed by atoms with Gasteiger partial charge in [-0.15, -0.1) is 12.6 Å². The molecule has 94 valence electrons. The van der Waals surface area contributed by atoms with E-state index in [2.05, 4.69) is 49.3 Å². The number of carbonyl (C=O) groups excluding carboxylic acids is 1. The molecular formula is C13H17BrO2S. The second kappa shape index (κ2) is 5.91. The zero-order valence-corrected chi connectivity index (χ0v) is 12.8. The third kappa shape index (κ3) is 5.13. The molecule has 0 aliphatic heterocycles. The molecule has 0 heterocycles. The quantitative estimate of drug-likeness (QED) is 0.663. The average molecular weight is 317 g/mol. The first-order valence-electron chi connectivity index (χ1n) is 5.45. The average Bonchev–Trinajstić information content (AvgIpc) is 2.19. The zero-order valence-electron chi connectivity index (χ0n) is 10.3. The summed E-state index contributed by atoms with van der Waals surface area (Å²) in [6.45, 7) is 6.78. The molecule has 2 nitrogen and oxygen atoms in total. The molecule has 0 fully saturated rings. The Morgan fingerprint density at radius 1 is 1.41 bits per heavy atom. The maximum Gasteiger partial charge on any atom is 0.339 e. The van der Waals surface area contributed by atoms with Crippen molar-refractivity contribution in [2.75, 3.05) is 6.61 Å². The van der Waals surface area contributed by atoms with Crippen LogP contribution in [0.1, 0.15) is 37.6 Å². The Morgan fingerprint density at radius 2 is 2.06 bits per heavy atom. The van der Waals surface area contributed by atoms with E-state index in [0.29, 0.717) is 12.2 Å². The Morgan fingerprint density at radius 3 is 2.65 bits per heavy atom. The number of ether oxygens (including phenoxy) is 1. The van der Waals surface area contributed by atoms with Gasteiger partial charge in [0.2, 0.25) is 0 Å². The SMILES string of the molecule is CC(C)(C)CCOC(=O)c1cc(S)ccc1Br. The molecule has 1 rings (SSSR count). The zero-order chi connectivity index (χ0) is 13.1. The molecule has 0 aliphatic rings. The normalized spacial score (nSPS) is 11.4. The highest BCUT2D eigenvalue weighted by molar-refractivity contribution is 9.10. The fourth-order valence-electron chi connectivity index (χ4n) is 1.20. The minimum Gasteiger partial charge on any atom is -0.462 e. The third-order valence-corrected chi connectivity index (χ3v) is 3.22. The van der Waals surface area contributed by atoms with Crippen molar-refractivity contribution in [1.82, 2.24) is 0 Å². The maximum atomic E-state index is 11.8. The number of benzene rings is 1. The predicted molar refractivity (Wildman–Crippen MR) is 75.7 cm³/mol. The van der Waals surface area contributed by atoms with E-state index in [0.717, 1.165) is 15.8 Å². The molecule has 0 aromatic heterocycles. The summed E-state index contributed by atoms with van der Waals surface area (Å²) in [6.07, 6.45) is 0.844. The highest BCUT2D eigenvalue weighted by Gasteiger charge is 2.14. The number of halogens is 1. The smallest absolute Gasteiger partial charge is 0.339 e. The fraction of sp³-hybridized carbons (Fsp3) is 0.462. The predicted octanol–water partition coefficient (Wildman–Crippen LogP) is 4.33. The van der Waals surface area contributed by atoms with Crippen LogP contribution in [0.4, 0.5) is 0 Å². The van der Waals surface area contributed by atoms with Crippen molar-refractivity contribution in [1.29, 1.82) is 0 Å². The fourth-order valence-corrected chi connectivity index (χ4v) is 1.81. The number of rotatable bonds is 3. The number of hydrogen-bond donors (Lipinski definition) is 1. The van der Waals surface area contributed by atoms with Gasteiger partial charge in [0, 0.05) is 9.37 Å². The van der Waals surface area contributed by atoms with Crippen molar-refractivity contribution in [3.63, 3.8) is 0 Å². The van der Waals surface area contributed by atoms with Crippen molar-refractivity contribution < 1.29 is 9.53 Å². The van der Waals surface area contributed by atoms with Crippen LogP contribution in [0, 0.1) is 5.41 Å². The number of thiol groups is 1. The van der Waals surface area contributed by atoms with Crippen molar-refractivity contribution in [3.05, 3.63) is 28.2 Å². The molecule has 0 atom stereocenters. The topological polar surface area (TPSA) is 26.3 Å². The van der Waals surface area contributed by atoms with E-state index in [1.165, 1.54) is 0 Å². The van der Waals surface area contributed by atoms with Crippen molar-refractivity contribution in [2.45, 2.75) is 32.1 Å². The van der Waals surface area contributed by atoms with Gasteiger partial charge in [-0.2, -0.15) is 0 Å². The third-order valence-electron chi connectivity index (χ3n) is 2.26. The van der Waals surface area contributed by atoms with Crippen molar-refractivity contribution >= 4 is 34.5 Å². The van der Waals surface area contributed by atoms with E-state index < -0.39 is 0 Å². The molecule has 4 heteroatoms. The Balaban J connectivity index is 2.61. The van der Waals surface area contributed by atoms with Gasteiger partial charge < -0.3 is 4.74 Å². The largest absolute Gasteiger partial charge is 0.462 e. The van der Waals surface area contributed by atoms with Crippen LogP contribution < -0.4 is 0 Å². The highest BCUT2D eigenvalue weighted by Crippen LogP contribution is 2.22. The first kappa shape index (κ1) is 14.6. The number of esters is 1. The van der Waals surface area contributed by atoms with Gasteiger partial charge in [-0.1, -0.05) is 20.8 Å². The van der Waals surface area contributed by atoms with E-state index in [4.69, 9.17) is 4.74 Å². The van der Waals surface area contributed by atoms with Crippen LogP contribution in [-0.2, 0) is 4.74 Å². The lowest BCUT2D eigenvalue weighted by Crippen LogP contribution is -2.13. The molecule has 0 amide bonds. The Hall–Kier alpha value is -0.480. The van der Waals surface area contributed by atoms with Crippen molar-refractivity contribution in [2.24, 2.45) is 5.41 Å². The van der Waals surface area contributed by atoms with E-state index in [-0.39, 0.29) is 11.4 Å². The summed E-state index contributed by atoms with van der Waals surface area (Å²) in [7, 11) is 0. The summed E-state index contributed by atoms with van der Waals surface area (Å²) in [6, 6.07) is 5.31. The van der Waals surface area contributed by atoms with E-state index >= 15 is 0 Å². The summed E-state index contributed by atoms with van der Waals surface area (Å²) in [4.78, 5) is 12.6. The van der Waals surface area contributed by atoms with E-state index in [1.54, 1.807) is 12.1 Å². The first-order valence-corrected chi connectivity index (χ1v) is 6.69. The van der Waals surface area contributed by atoms with Gasteiger partial charge in [0.1, 0.15) is 0 Å². The lowest BCUT2D eigenvalue weighted by molar-refractivity contribution is 0.0463. The molecule has 0 unspecified atom stereocenters. The van der Waals surface area contributed by atoms with Crippen LogP contribution in [0.15, 0.2) is 27.6 Å². The monoisotopic (exact) mass is 316 g/mol. The maximum absolute atomic E-state index is 11.8. The Bertz CT molecular complexity index is 410. The summed E-state index contributed by atoms with van der Waals surface area (Å²) in [5.41, 5.74) is 0.689. The van der Waals surface area contributed by atoms with Crippen LogP contribution in [0.5, 0.6) is 0 Å². The first-order chi connectivity index (χ1) is 7.79. The van der Waals surface area contributed by atoms with Gasteiger partial charge in [-0.05, 0) is 46.0 Å². The molecule has 1 aromatic carbocycles. The van der Waals surface area contributed by atoms with Crippen LogP contribution in [0.2, 0.25) is 0 Å². The van der Waals surface area contributed by atoms with Gasteiger partial charge in [0.15, 0.2) is 0 Å². The minimum atomic E-state index is -0.308. The van der Waals surface area contributed by atoms with Gasteiger partial charge in [-0.25, -0.2) is 4.79 Å². The summed E-state index contributed by atoms with van der Waals surface area (Å²) < 4.78 is 5.97. The van der Waals surface area contributed by atoms with Gasteiger partial charge >= 0.3 is 5.97 Å². The molecule has 17 heavy (non-hydrogen) atoms. The van der Waals surface area contributed by atoms with Gasteiger partial charge in [0.25, 0.3) is 0 Å². The second-order valence-corrected chi connectivity index (χ2v) is 6.48. The molecule has 0 spiro atoms. The molecule has 0 radical (unpaired) electrons. The molecule has 0 saturated heterocycles. The molecular weight excluding hydrogens is 300 g/mol. The van der Waals surface area contributed by atoms with E-state index in [9.17, 15) is 4.79 Å².